The topological polar surface area (TPSA) is 24.1 Å². The van der Waals surface area contributed by atoms with Gasteiger partial charge in [0.25, 0.3) is 0 Å². The predicted octanol–water partition coefficient (Wildman–Crippen LogP) is 1.62. The van der Waals surface area contributed by atoms with Crippen molar-refractivity contribution in [3.63, 3.8) is 0 Å². The molecule has 0 saturated heterocycles. The number of nitrogens with one attached hydrogen (secondary N) is 2. The third-order valence-corrected chi connectivity index (χ3v) is 4.12. The summed E-state index contributed by atoms with van der Waals surface area (Å²) in [6.07, 6.45) is 6.07. The molecular formula is C12H24N2. The van der Waals surface area contributed by atoms with Crippen molar-refractivity contribution in [2.24, 2.45) is 17.8 Å². The first-order valence-electron chi connectivity index (χ1n) is 6.17. The molecule has 82 valence electrons. The van der Waals surface area contributed by atoms with Crippen molar-refractivity contribution in [2.75, 3.05) is 20.1 Å². The highest BCUT2D eigenvalue weighted by Gasteiger charge is 2.38. The number of hydrogen-bond acceptors (Lipinski definition) is 2. The molecule has 14 heavy (non-hydrogen) atoms. The van der Waals surface area contributed by atoms with Gasteiger partial charge < -0.3 is 10.6 Å². The fourth-order valence-corrected chi connectivity index (χ4v) is 3.36. The summed E-state index contributed by atoms with van der Waals surface area (Å²) < 4.78 is 0. The zero-order valence-electron chi connectivity index (χ0n) is 9.55. The quantitative estimate of drug-likeness (QED) is 0.698. The summed E-state index contributed by atoms with van der Waals surface area (Å²) >= 11 is 0. The largest absolute Gasteiger partial charge is 0.318 e. The fourth-order valence-electron chi connectivity index (χ4n) is 3.36. The molecule has 0 spiro atoms. The second-order valence-electron chi connectivity index (χ2n) is 5.30. The maximum atomic E-state index is 3.65. The zero-order valence-corrected chi connectivity index (χ0v) is 9.55. The van der Waals surface area contributed by atoms with Crippen molar-refractivity contribution in [1.82, 2.24) is 10.6 Å². The summed E-state index contributed by atoms with van der Waals surface area (Å²) in [6, 6.07) is 0.624. The van der Waals surface area contributed by atoms with Gasteiger partial charge in [0.2, 0.25) is 0 Å². The van der Waals surface area contributed by atoms with E-state index in [1.807, 2.05) is 7.05 Å². The standard InChI is InChI=1S/C12H24N2/c1-9(7-13-2)14-8-12-6-10-3-4-11(12)5-10/h9-14H,3-8H2,1-2H3. The first-order valence-corrected chi connectivity index (χ1v) is 6.17. The minimum atomic E-state index is 0.624. The molecule has 2 aliphatic rings. The van der Waals surface area contributed by atoms with E-state index in [-0.39, 0.29) is 0 Å². The van der Waals surface area contributed by atoms with Crippen LogP contribution in [0.3, 0.4) is 0 Å². The molecule has 0 amide bonds. The molecule has 2 rings (SSSR count). The Morgan fingerprint density at radius 3 is 2.71 bits per heavy atom. The fraction of sp³-hybridized carbons (Fsp3) is 1.00. The molecule has 2 fully saturated rings. The summed E-state index contributed by atoms with van der Waals surface area (Å²) in [7, 11) is 2.02. The number of hydrogen-bond donors (Lipinski definition) is 2. The summed E-state index contributed by atoms with van der Waals surface area (Å²) in [5, 5.41) is 6.86. The van der Waals surface area contributed by atoms with Gasteiger partial charge in [-0.15, -0.1) is 0 Å². The lowest BCUT2D eigenvalue weighted by Crippen LogP contribution is -2.38. The van der Waals surface area contributed by atoms with Crippen LogP contribution in [0, 0.1) is 17.8 Å². The van der Waals surface area contributed by atoms with Gasteiger partial charge in [-0.3, -0.25) is 0 Å². The van der Waals surface area contributed by atoms with Gasteiger partial charge in [0.1, 0.15) is 0 Å². The number of rotatable bonds is 5. The van der Waals surface area contributed by atoms with Crippen molar-refractivity contribution in [1.29, 1.82) is 0 Å². The first-order chi connectivity index (χ1) is 6.79. The molecule has 0 aromatic carbocycles. The lowest BCUT2D eigenvalue weighted by Gasteiger charge is -2.24. The molecular weight excluding hydrogens is 172 g/mol. The number of likely N-dealkylation sites (N-methyl/N-ethyl adjacent to an activating group) is 1. The van der Waals surface area contributed by atoms with Crippen LogP contribution in [0.25, 0.3) is 0 Å². The summed E-state index contributed by atoms with van der Waals surface area (Å²) in [5.74, 6) is 3.15. The molecule has 0 aromatic rings. The Morgan fingerprint density at radius 1 is 1.29 bits per heavy atom. The van der Waals surface area contributed by atoms with E-state index in [9.17, 15) is 0 Å². The summed E-state index contributed by atoms with van der Waals surface area (Å²) in [6.45, 7) is 4.61. The molecule has 2 aliphatic carbocycles. The molecule has 2 bridgehead atoms. The van der Waals surface area contributed by atoms with Crippen LogP contribution in [0.2, 0.25) is 0 Å². The second kappa shape index (κ2) is 4.63. The molecule has 4 atom stereocenters. The highest BCUT2D eigenvalue weighted by atomic mass is 15.0. The van der Waals surface area contributed by atoms with E-state index in [2.05, 4.69) is 17.6 Å². The average Bonchev–Trinajstić information content (AvgIpc) is 2.76. The molecule has 0 heterocycles. The smallest absolute Gasteiger partial charge is 0.0164 e. The SMILES string of the molecule is CNCC(C)NCC1CC2CCC1C2. The Hall–Kier alpha value is -0.0800. The van der Waals surface area contributed by atoms with Crippen molar-refractivity contribution in [2.45, 2.75) is 38.6 Å². The zero-order chi connectivity index (χ0) is 9.97. The normalized spacial score (nSPS) is 37.7. The molecule has 2 N–H and O–H groups in total. The Kier molecular flexibility index (Phi) is 3.45. The van der Waals surface area contributed by atoms with Crippen LogP contribution in [0.5, 0.6) is 0 Å². The van der Waals surface area contributed by atoms with Gasteiger partial charge in [-0.25, -0.2) is 0 Å². The Labute approximate surface area is 87.8 Å². The van der Waals surface area contributed by atoms with E-state index < -0.39 is 0 Å². The van der Waals surface area contributed by atoms with Gasteiger partial charge >= 0.3 is 0 Å². The van der Waals surface area contributed by atoms with Crippen molar-refractivity contribution >= 4 is 0 Å². The highest BCUT2D eigenvalue weighted by Crippen LogP contribution is 2.47. The van der Waals surface area contributed by atoms with Crippen LogP contribution in [-0.2, 0) is 0 Å². The molecule has 2 heteroatoms. The maximum Gasteiger partial charge on any atom is 0.0164 e. The van der Waals surface area contributed by atoms with Crippen molar-refractivity contribution in [3.05, 3.63) is 0 Å². The van der Waals surface area contributed by atoms with Gasteiger partial charge in [-0.2, -0.15) is 0 Å². The minimum Gasteiger partial charge on any atom is -0.318 e. The molecule has 0 aliphatic heterocycles. The van der Waals surface area contributed by atoms with Gasteiger partial charge in [0.15, 0.2) is 0 Å². The summed E-state index contributed by atoms with van der Waals surface area (Å²) in [5.41, 5.74) is 0. The van der Waals surface area contributed by atoms with Crippen LogP contribution in [0.4, 0.5) is 0 Å². The van der Waals surface area contributed by atoms with E-state index in [4.69, 9.17) is 0 Å². The second-order valence-corrected chi connectivity index (χ2v) is 5.30. The van der Waals surface area contributed by atoms with Gasteiger partial charge in [-0.05, 0) is 57.5 Å². The molecule has 2 saturated carbocycles. The lowest BCUT2D eigenvalue weighted by molar-refractivity contribution is 0.307. The molecule has 4 unspecified atom stereocenters. The molecule has 0 aromatic heterocycles. The lowest BCUT2D eigenvalue weighted by atomic mass is 9.89. The van der Waals surface area contributed by atoms with Crippen LogP contribution in [-0.4, -0.2) is 26.2 Å². The van der Waals surface area contributed by atoms with Crippen LogP contribution < -0.4 is 10.6 Å². The molecule has 2 nitrogen and oxygen atoms in total. The van der Waals surface area contributed by atoms with E-state index in [1.54, 1.807) is 0 Å². The van der Waals surface area contributed by atoms with Crippen molar-refractivity contribution in [3.8, 4) is 0 Å². The van der Waals surface area contributed by atoms with E-state index >= 15 is 0 Å². The Morgan fingerprint density at radius 2 is 2.14 bits per heavy atom. The highest BCUT2D eigenvalue weighted by molar-refractivity contribution is 4.91. The van der Waals surface area contributed by atoms with Crippen LogP contribution >= 0.6 is 0 Å². The van der Waals surface area contributed by atoms with Gasteiger partial charge in [0, 0.05) is 12.6 Å². The number of fused-ring (bicyclic) bond motifs is 2. The monoisotopic (exact) mass is 196 g/mol. The van der Waals surface area contributed by atoms with Gasteiger partial charge in [-0.1, -0.05) is 6.42 Å². The minimum absolute atomic E-state index is 0.624. The third-order valence-electron chi connectivity index (χ3n) is 4.12. The molecule has 0 radical (unpaired) electrons. The van der Waals surface area contributed by atoms with Gasteiger partial charge in [0.05, 0.1) is 0 Å². The van der Waals surface area contributed by atoms with E-state index in [1.165, 1.54) is 32.2 Å². The van der Waals surface area contributed by atoms with Crippen LogP contribution in [0.1, 0.15) is 32.6 Å². The predicted molar refractivity (Wildman–Crippen MR) is 60.3 cm³/mol. The van der Waals surface area contributed by atoms with E-state index in [0.717, 1.165) is 24.3 Å². The first kappa shape index (κ1) is 10.4. The summed E-state index contributed by atoms with van der Waals surface area (Å²) in [4.78, 5) is 0. The average molecular weight is 196 g/mol. The Balaban J connectivity index is 1.66. The van der Waals surface area contributed by atoms with Crippen molar-refractivity contribution < 1.29 is 0 Å². The Bertz CT molecular complexity index is 181. The third kappa shape index (κ3) is 2.29. The van der Waals surface area contributed by atoms with E-state index in [0.29, 0.717) is 6.04 Å². The maximum absolute atomic E-state index is 3.65. The van der Waals surface area contributed by atoms with Crippen LogP contribution in [0.15, 0.2) is 0 Å².